The van der Waals surface area contributed by atoms with Gasteiger partial charge in [0.25, 0.3) is 0 Å². The molecule has 0 amide bonds. The summed E-state index contributed by atoms with van der Waals surface area (Å²) in [6, 6.07) is 0. The molecule has 0 N–H and O–H groups in total. The van der Waals surface area contributed by atoms with Crippen molar-refractivity contribution in [3.8, 4) is 0 Å². The summed E-state index contributed by atoms with van der Waals surface area (Å²) in [5, 5.41) is 0. The monoisotopic (exact) mass is 461 g/mol. The molecule has 24 heavy (non-hydrogen) atoms. The van der Waals surface area contributed by atoms with Crippen LogP contribution in [0.3, 0.4) is 0 Å². The molecule has 0 radical (unpaired) electrons. The Hall–Kier alpha value is 0.640. The van der Waals surface area contributed by atoms with Crippen LogP contribution in [0.1, 0.15) is 38.5 Å². The quantitative estimate of drug-likeness (QED) is 0.436. The molecule has 0 aromatic heterocycles. The van der Waals surface area contributed by atoms with Crippen molar-refractivity contribution in [1.29, 1.82) is 0 Å². The predicted octanol–water partition coefficient (Wildman–Crippen LogP) is 6.07. The SMILES string of the molecule is Cl.Cl.[CH3][Zr]([CH3])([SiH3])([CH]1CCC2CC=CC=C21)[CH]1CCC2CC=CC=C21. The third kappa shape index (κ3) is 3.30. The number of halogens is 2. The van der Waals surface area contributed by atoms with Crippen molar-refractivity contribution in [2.24, 2.45) is 11.8 Å². The van der Waals surface area contributed by atoms with E-state index in [0.717, 1.165) is 19.1 Å². The van der Waals surface area contributed by atoms with Gasteiger partial charge in [-0.15, -0.1) is 24.8 Å². The van der Waals surface area contributed by atoms with Crippen molar-refractivity contribution >= 4 is 32.2 Å². The van der Waals surface area contributed by atoms with Gasteiger partial charge in [0, 0.05) is 0 Å². The maximum absolute atomic E-state index is 2.85. The van der Waals surface area contributed by atoms with E-state index in [-0.39, 0.29) is 24.8 Å². The van der Waals surface area contributed by atoms with Crippen LogP contribution >= 0.6 is 24.8 Å². The molecule has 2 saturated carbocycles. The molecule has 0 nitrogen and oxygen atoms in total. The van der Waals surface area contributed by atoms with E-state index >= 15 is 0 Å². The normalized spacial score (nSPS) is 35.7. The molecule has 4 aliphatic carbocycles. The van der Waals surface area contributed by atoms with Crippen molar-refractivity contribution in [3.05, 3.63) is 47.6 Å². The molecule has 0 saturated heterocycles. The number of rotatable bonds is 2. The van der Waals surface area contributed by atoms with E-state index in [1.807, 2.05) is 11.1 Å². The van der Waals surface area contributed by atoms with Gasteiger partial charge in [-0.3, -0.25) is 0 Å². The fraction of sp³-hybridized carbons (Fsp3) is 0.600. The minimum atomic E-state index is -2.65. The predicted molar refractivity (Wildman–Crippen MR) is 113 cm³/mol. The molecule has 135 valence electrons. The van der Waals surface area contributed by atoms with E-state index in [0.29, 0.717) is 0 Å². The Kier molecular flexibility index (Phi) is 6.40. The van der Waals surface area contributed by atoms with Crippen LogP contribution in [-0.2, 0) is 17.9 Å². The number of hydrogen-bond acceptors (Lipinski definition) is 0. The molecule has 0 aromatic rings. The Bertz CT molecular complexity index is 559. The molecule has 0 heterocycles. The van der Waals surface area contributed by atoms with Crippen LogP contribution < -0.4 is 0 Å². The van der Waals surface area contributed by atoms with E-state index < -0.39 is 17.9 Å². The molecule has 4 rings (SSSR count). The fourth-order valence-corrected chi connectivity index (χ4v) is 28.2. The molecule has 4 unspecified atom stereocenters. The zero-order chi connectivity index (χ0) is 15.4. The Labute approximate surface area is 163 Å². The van der Waals surface area contributed by atoms with Gasteiger partial charge in [-0.25, -0.2) is 0 Å². The van der Waals surface area contributed by atoms with Gasteiger partial charge in [0.1, 0.15) is 0 Å². The van der Waals surface area contributed by atoms with Crippen molar-refractivity contribution in [2.75, 3.05) is 0 Å². The van der Waals surface area contributed by atoms with Gasteiger partial charge in [-0.2, -0.15) is 0 Å². The first kappa shape index (κ1) is 20.9. The summed E-state index contributed by atoms with van der Waals surface area (Å²) in [6.45, 7) is 0. The second kappa shape index (κ2) is 7.34. The van der Waals surface area contributed by atoms with E-state index in [9.17, 15) is 0 Å². The van der Waals surface area contributed by atoms with Gasteiger partial charge in [-0.1, -0.05) is 0 Å². The molecule has 4 aliphatic rings. The first-order chi connectivity index (χ1) is 10.5. The molecular weight excluding hydrogens is 430 g/mol. The summed E-state index contributed by atoms with van der Waals surface area (Å²) in [4.78, 5) is 0. The van der Waals surface area contributed by atoms with Crippen LogP contribution in [0.4, 0.5) is 0 Å². The van der Waals surface area contributed by atoms with Crippen LogP contribution in [0.15, 0.2) is 47.6 Å². The Morgan fingerprint density at radius 2 is 1.21 bits per heavy atom. The van der Waals surface area contributed by atoms with E-state index in [1.54, 1.807) is 0 Å². The van der Waals surface area contributed by atoms with E-state index in [2.05, 4.69) is 45.7 Å². The molecule has 0 bridgehead atoms. The van der Waals surface area contributed by atoms with Crippen molar-refractivity contribution in [1.82, 2.24) is 0 Å². The van der Waals surface area contributed by atoms with E-state index in [4.69, 9.17) is 0 Å². The average molecular weight is 464 g/mol. The van der Waals surface area contributed by atoms with Gasteiger partial charge >= 0.3 is 140 Å². The van der Waals surface area contributed by atoms with E-state index in [1.165, 1.54) is 45.9 Å². The van der Waals surface area contributed by atoms with Crippen LogP contribution in [0.2, 0.25) is 16.5 Å². The molecule has 4 heteroatoms. The number of fused-ring (bicyclic) bond motifs is 2. The van der Waals surface area contributed by atoms with Gasteiger partial charge in [0.15, 0.2) is 0 Å². The van der Waals surface area contributed by atoms with Gasteiger partial charge in [0.2, 0.25) is 0 Å². The maximum atomic E-state index is 2.85. The average Bonchev–Trinajstić information content (AvgIpc) is 3.12. The van der Waals surface area contributed by atoms with Crippen molar-refractivity contribution in [2.45, 2.75) is 55.0 Å². The minimum absolute atomic E-state index is 0. The second-order valence-corrected chi connectivity index (χ2v) is 48.5. The standard InChI is InChI=1S/2C9H11.2CH3.2ClH.H3Si.Zr/c2*1-2-5-9-7-3-6-8(9)4-1;;;;;;/h2*1-2,4,6,9H,3,5,7H2;2*1H3;2*1H;1H3;. The summed E-state index contributed by atoms with van der Waals surface area (Å²) < 4.78 is 7.76. The molecule has 4 atom stereocenters. The summed E-state index contributed by atoms with van der Waals surface area (Å²) in [6.07, 6.45) is 23.2. The van der Waals surface area contributed by atoms with Gasteiger partial charge < -0.3 is 0 Å². The molecular formula is C20H33Cl2SiZr. The molecule has 0 aromatic carbocycles. The van der Waals surface area contributed by atoms with Crippen molar-refractivity contribution < 1.29 is 17.9 Å². The van der Waals surface area contributed by atoms with Crippen molar-refractivity contribution in [3.63, 3.8) is 0 Å². The summed E-state index contributed by atoms with van der Waals surface area (Å²) in [7, 11) is 1.49. The van der Waals surface area contributed by atoms with Crippen LogP contribution in [0.25, 0.3) is 0 Å². The zero-order valence-corrected chi connectivity index (χ0v) is 21.4. The number of hydrogen-bond donors (Lipinski definition) is 0. The number of allylic oxidation sites excluding steroid dienone is 8. The van der Waals surface area contributed by atoms with Crippen LogP contribution in [-0.4, -0.2) is 7.37 Å². The van der Waals surface area contributed by atoms with Crippen LogP contribution in [0, 0.1) is 11.8 Å². The third-order valence-electron chi connectivity index (χ3n) is 7.54. The molecule has 0 aliphatic heterocycles. The van der Waals surface area contributed by atoms with Gasteiger partial charge in [0.05, 0.1) is 0 Å². The first-order valence-corrected chi connectivity index (χ1v) is 25.5. The first-order valence-electron chi connectivity index (χ1n) is 9.41. The summed E-state index contributed by atoms with van der Waals surface area (Å²) in [5.74, 6) is 1.82. The fourth-order valence-electron chi connectivity index (χ4n) is 6.30. The Balaban J connectivity index is 0.00000104. The third-order valence-corrected chi connectivity index (χ3v) is 31.1. The van der Waals surface area contributed by atoms with Gasteiger partial charge in [-0.05, 0) is 0 Å². The zero-order valence-electron chi connectivity index (χ0n) is 15.3. The topological polar surface area (TPSA) is 0 Å². The summed E-state index contributed by atoms with van der Waals surface area (Å²) in [5.41, 5.74) is 3.78. The molecule has 0 spiro atoms. The molecule has 2 fully saturated rings. The van der Waals surface area contributed by atoms with Crippen LogP contribution in [0.5, 0.6) is 0 Å². The summed E-state index contributed by atoms with van der Waals surface area (Å²) >= 11 is -2.65. The Morgan fingerprint density at radius 1 is 0.792 bits per heavy atom. The Morgan fingerprint density at radius 3 is 1.62 bits per heavy atom. The second-order valence-electron chi connectivity index (χ2n) is 9.71.